The highest BCUT2D eigenvalue weighted by atomic mass is 16.6. The number of ether oxygens (including phenoxy) is 3. The fourth-order valence-corrected chi connectivity index (χ4v) is 2.29. The SMILES string of the molecule is CO[C@H]1C(OC(C)=O)[C@H](N=C(C)N)[C@@H](C)O[C@H]1C. The number of hydrogen-bond acceptors (Lipinski definition) is 5. The second-order valence-electron chi connectivity index (χ2n) is 4.58. The summed E-state index contributed by atoms with van der Waals surface area (Å²) in [7, 11) is 1.56. The maximum Gasteiger partial charge on any atom is 0.303 e. The van der Waals surface area contributed by atoms with Crippen LogP contribution >= 0.6 is 0 Å². The van der Waals surface area contributed by atoms with Crippen molar-refractivity contribution in [3.63, 3.8) is 0 Å². The predicted molar refractivity (Wildman–Crippen MR) is 67.4 cm³/mol. The molecule has 5 atom stereocenters. The number of hydrogen-bond donors (Lipinski definition) is 1. The molecule has 1 heterocycles. The van der Waals surface area contributed by atoms with Crippen molar-refractivity contribution in [2.45, 2.75) is 58.2 Å². The van der Waals surface area contributed by atoms with E-state index in [0.717, 1.165) is 0 Å². The molecule has 0 amide bonds. The Bertz CT molecular complexity index is 328. The second kappa shape index (κ2) is 6.15. The summed E-state index contributed by atoms with van der Waals surface area (Å²) in [4.78, 5) is 15.5. The molecule has 1 saturated heterocycles. The molecule has 1 aliphatic heterocycles. The van der Waals surface area contributed by atoms with Crippen LogP contribution in [0.15, 0.2) is 4.99 Å². The van der Waals surface area contributed by atoms with Gasteiger partial charge >= 0.3 is 5.97 Å². The van der Waals surface area contributed by atoms with Crippen molar-refractivity contribution >= 4 is 11.8 Å². The maximum absolute atomic E-state index is 11.2. The zero-order valence-corrected chi connectivity index (χ0v) is 11.5. The molecule has 0 aromatic carbocycles. The Kier molecular flexibility index (Phi) is 5.10. The molecule has 0 bridgehead atoms. The van der Waals surface area contributed by atoms with E-state index in [1.807, 2.05) is 13.8 Å². The molecule has 6 heteroatoms. The van der Waals surface area contributed by atoms with Gasteiger partial charge in [-0.05, 0) is 20.8 Å². The van der Waals surface area contributed by atoms with Crippen molar-refractivity contribution in [1.82, 2.24) is 0 Å². The molecule has 1 fully saturated rings. The highest BCUT2D eigenvalue weighted by molar-refractivity contribution is 5.77. The van der Waals surface area contributed by atoms with Gasteiger partial charge in [0.15, 0.2) is 6.10 Å². The number of methoxy groups -OCH3 is 1. The van der Waals surface area contributed by atoms with Crippen LogP contribution in [0.25, 0.3) is 0 Å². The van der Waals surface area contributed by atoms with Gasteiger partial charge in [-0.1, -0.05) is 0 Å². The Balaban J connectivity index is 3.01. The quantitative estimate of drug-likeness (QED) is 0.452. The highest BCUT2D eigenvalue weighted by Gasteiger charge is 2.45. The molecule has 18 heavy (non-hydrogen) atoms. The number of amidine groups is 1. The van der Waals surface area contributed by atoms with E-state index in [0.29, 0.717) is 5.84 Å². The zero-order valence-electron chi connectivity index (χ0n) is 11.5. The molecule has 0 aromatic rings. The fraction of sp³-hybridized carbons (Fsp3) is 0.833. The van der Waals surface area contributed by atoms with Crippen LogP contribution in [0, 0.1) is 0 Å². The molecule has 0 aromatic heterocycles. The average Bonchev–Trinajstić information content (AvgIpc) is 2.23. The minimum Gasteiger partial charge on any atom is -0.457 e. The average molecular weight is 258 g/mol. The molecule has 0 aliphatic carbocycles. The highest BCUT2D eigenvalue weighted by Crippen LogP contribution is 2.27. The maximum atomic E-state index is 11.2. The van der Waals surface area contributed by atoms with E-state index in [2.05, 4.69) is 4.99 Å². The summed E-state index contributed by atoms with van der Waals surface area (Å²) in [5, 5.41) is 0. The Morgan fingerprint density at radius 3 is 2.28 bits per heavy atom. The Morgan fingerprint density at radius 2 is 1.83 bits per heavy atom. The zero-order chi connectivity index (χ0) is 13.9. The van der Waals surface area contributed by atoms with Crippen molar-refractivity contribution in [3.8, 4) is 0 Å². The summed E-state index contributed by atoms with van der Waals surface area (Å²) in [6.07, 6.45) is -1.18. The molecule has 0 spiro atoms. The number of esters is 1. The summed E-state index contributed by atoms with van der Waals surface area (Å²) in [5.41, 5.74) is 5.61. The first-order valence-corrected chi connectivity index (χ1v) is 6.02. The number of nitrogens with zero attached hydrogens (tertiary/aromatic N) is 1. The van der Waals surface area contributed by atoms with Crippen LogP contribution < -0.4 is 5.73 Å². The molecule has 1 aliphatic rings. The predicted octanol–water partition coefficient (Wildman–Crippen LogP) is 0.486. The van der Waals surface area contributed by atoms with Crippen LogP contribution in [0.5, 0.6) is 0 Å². The number of carbonyl (C=O) groups excluding carboxylic acids is 1. The lowest BCUT2D eigenvalue weighted by Gasteiger charge is -2.42. The standard InChI is InChI=1S/C12H22N2O4/c1-6-10(14-8(3)13)12(18-9(4)15)11(16-5)7(2)17-6/h6-7,10-12H,1-5H3,(H2,13,14)/t6-,7+,10-,11-,12?/m1/s1. The fourth-order valence-electron chi connectivity index (χ4n) is 2.29. The van der Waals surface area contributed by atoms with Crippen molar-refractivity contribution in [2.24, 2.45) is 10.7 Å². The van der Waals surface area contributed by atoms with E-state index in [1.54, 1.807) is 14.0 Å². The molecule has 1 unspecified atom stereocenters. The minimum absolute atomic E-state index is 0.168. The lowest BCUT2D eigenvalue weighted by molar-refractivity contribution is -0.197. The summed E-state index contributed by atoms with van der Waals surface area (Å²) in [6, 6.07) is -0.347. The van der Waals surface area contributed by atoms with E-state index in [1.165, 1.54) is 6.92 Å². The molecule has 2 N–H and O–H groups in total. The van der Waals surface area contributed by atoms with Crippen LogP contribution in [0.3, 0.4) is 0 Å². The number of nitrogens with two attached hydrogens (primary N) is 1. The van der Waals surface area contributed by atoms with Crippen LogP contribution in [0.1, 0.15) is 27.7 Å². The van der Waals surface area contributed by atoms with Crippen molar-refractivity contribution in [2.75, 3.05) is 7.11 Å². The Morgan fingerprint density at radius 1 is 1.22 bits per heavy atom. The molecular weight excluding hydrogens is 236 g/mol. The van der Waals surface area contributed by atoms with Crippen LogP contribution in [-0.2, 0) is 19.0 Å². The first-order chi connectivity index (χ1) is 8.36. The summed E-state index contributed by atoms with van der Waals surface area (Å²) in [5.74, 6) is 0.0650. The van der Waals surface area contributed by atoms with Crippen molar-refractivity contribution in [3.05, 3.63) is 0 Å². The lowest BCUT2D eigenvalue weighted by atomic mass is 9.94. The van der Waals surface area contributed by atoms with E-state index >= 15 is 0 Å². The molecule has 6 nitrogen and oxygen atoms in total. The normalized spacial score (nSPS) is 37.4. The lowest BCUT2D eigenvalue weighted by Crippen LogP contribution is -2.57. The van der Waals surface area contributed by atoms with E-state index < -0.39 is 6.10 Å². The minimum atomic E-state index is -0.482. The first-order valence-electron chi connectivity index (χ1n) is 6.02. The molecule has 0 saturated carbocycles. The topological polar surface area (TPSA) is 83.1 Å². The van der Waals surface area contributed by atoms with Gasteiger partial charge < -0.3 is 19.9 Å². The number of aliphatic imine (C=N–C) groups is 1. The number of carbonyl (C=O) groups is 1. The summed E-state index contributed by atoms with van der Waals surface area (Å²) in [6.45, 7) is 6.83. The molecule has 104 valence electrons. The third kappa shape index (κ3) is 3.43. The molecular formula is C12H22N2O4. The van der Waals surface area contributed by atoms with E-state index in [-0.39, 0.29) is 30.3 Å². The van der Waals surface area contributed by atoms with E-state index in [9.17, 15) is 4.79 Å². The molecule has 1 rings (SSSR count). The first kappa shape index (κ1) is 14.9. The third-order valence-corrected chi connectivity index (χ3v) is 2.96. The van der Waals surface area contributed by atoms with Gasteiger partial charge in [-0.15, -0.1) is 0 Å². The van der Waals surface area contributed by atoms with Gasteiger partial charge in [0.1, 0.15) is 12.1 Å². The summed E-state index contributed by atoms with van der Waals surface area (Å²) >= 11 is 0. The smallest absolute Gasteiger partial charge is 0.303 e. The van der Waals surface area contributed by atoms with Crippen molar-refractivity contribution < 1.29 is 19.0 Å². The summed E-state index contributed by atoms with van der Waals surface area (Å²) < 4.78 is 16.4. The van der Waals surface area contributed by atoms with Gasteiger partial charge in [-0.3, -0.25) is 9.79 Å². The largest absolute Gasteiger partial charge is 0.457 e. The van der Waals surface area contributed by atoms with Gasteiger partial charge in [0.2, 0.25) is 0 Å². The second-order valence-corrected chi connectivity index (χ2v) is 4.58. The Labute approximate surface area is 107 Å². The van der Waals surface area contributed by atoms with Gasteiger partial charge in [0.25, 0.3) is 0 Å². The van der Waals surface area contributed by atoms with Gasteiger partial charge in [-0.25, -0.2) is 0 Å². The van der Waals surface area contributed by atoms with Gasteiger partial charge in [-0.2, -0.15) is 0 Å². The van der Waals surface area contributed by atoms with Gasteiger partial charge in [0.05, 0.1) is 18.0 Å². The number of rotatable bonds is 3. The van der Waals surface area contributed by atoms with E-state index in [4.69, 9.17) is 19.9 Å². The van der Waals surface area contributed by atoms with Crippen LogP contribution in [-0.4, -0.2) is 49.4 Å². The van der Waals surface area contributed by atoms with Crippen molar-refractivity contribution in [1.29, 1.82) is 0 Å². The van der Waals surface area contributed by atoms with Gasteiger partial charge in [0, 0.05) is 14.0 Å². The van der Waals surface area contributed by atoms with Crippen LogP contribution in [0.4, 0.5) is 0 Å². The Hall–Kier alpha value is -1.14. The molecule has 0 radical (unpaired) electrons. The monoisotopic (exact) mass is 258 g/mol. The van der Waals surface area contributed by atoms with Crippen LogP contribution in [0.2, 0.25) is 0 Å². The third-order valence-electron chi connectivity index (χ3n) is 2.96.